The highest BCUT2D eigenvalue weighted by Gasteiger charge is 2.54. The predicted molar refractivity (Wildman–Crippen MR) is 120 cm³/mol. The highest BCUT2D eigenvalue weighted by Crippen LogP contribution is 2.46. The average molecular weight is 438 g/mol. The van der Waals surface area contributed by atoms with Gasteiger partial charge in [-0.05, 0) is 42.4 Å². The third kappa shape index (κ3) is 4.03. The van der Waals surface area contributed by atoms with E-state index in [1.807, 2.05) is 36.4 Å². The maximum Gasteiger partial charge on any atom is 0.215 e. The SMILES string of the molecule is C[C@H]1[C@H](C=Cc2ccc(-c3ccccc3C#N)cn2)[C@H]2[C@@H](C[C@@H]1C)S(=O)(=O)N[C@@H]2CO. The number of aliphatic hydroxyl groups is 1. The Hall–Kier alpha value is -2.53. The number of aliphatic hydroxyl groups excluding tert-OH is 1. The summed E-state index contributed by atoms with van der Waals surface area (Å²) in [6.07, 6.45) is 6.38. The van der Waals surface area contributed by atoms with Crippen LogP contribution >= 0.6 is 0 Å². The molecule has 0 spiro atoms. The first-order valence-corrected chi connectivity index (χ1v) is 12.2. The molecule has 6 nitrogen and oxygen atoms in total. The molecule has 2 heterocycles. The van der Waals surface area contributed by atoms with Crippen molar-refractivity contribution in [2.75, 3.05) is 6.61 Å². The van der Waals surface area contributed by atoms with Crippen LogP contribution in [0.4, 0.5) is 0 Å². The van der Waals surface area contributed by atoms with Gasteiger partial charge in [0.15, 0.2) is 0 Å². The molecule has 162 valence electrons. The van der Waals surface area contributed by atoms with Crippen molar-refractivity contribution in [1.82, 2.24) is 9.71 Å². The fourth-order valence-corrected chi connectivity index (χ4v) is 7.29. The molecule has 1 aliphatic heterocycles. The Kier molecular flexibility index (Phi) is 5.98. The summed E-state index contributed by atoms with van der Waals surface area (Å²) < 4.78 is 27.8. The van der Waals surface area contributed by atoms with Gasteiger partial charge in [-0.3, -0.25) is 4.98 Å². The molecule has 1 aromatic heterocycles. The molecule has 31 heavy (non-hydrogen) atoms. The fourth-order valence-electron chi connectivity index (χ4n) is 5.12. The van der Waals surface area contributed by atoms with Crippen molar-refractivity contribution in [2.45, 2.75) is 31.6 Å². The largest absolute Gasteiger partial charge is 0.395 e. The van der Waals surface area contributed by atoms with Crippen LogP contribution in [0.3, 0.4) is 0 Å². The first kappa shape index (κ1) is 21.7. The lowest BCUT2D eigenvalue weighted by atomic mass is 9.65. The fraction of sp³-hybridized carbons (Fsp3) is 0.417. The van der Waals surface area contributed by atoms with Crippen molar-refractivity contribution >= 4 is 16.1 Å². The minimum Gasteiger partial charge on any atom is -0.395 e. The number of pyridine rings is 1. The van der Waals surface area contributed by atoms with E-state index < -0.39 is 21.3 Å². The second kappa shape index (κ2) is 8.54. The Balaban J connectivity index is 1.60. The smallest absolute Gasteiger partial charge is 0.215 e. The van der Waals surface area contributed by atoms with E-state index in [1.54, 1.807) is 12.3 Å². The lowest BCUT2D eigenvalue weighted by molar-refractivity contribution is 0.114. The van der Waals surface area contributed by atoms with Crippen LogP contribution in [-0.2, 0) is 10.0 Å². The number of hydrogen-bond donors (Lipinski definition) is 2. The average Bonchev–Trinajstić information content (AvgIpc) is 3.04. The van der Waals surface area contributed by atoms with Crippen molar-refractivity contribution in [3.63, 3.8) is 0 Å². The number of hydrogen-bond acceptors (Lipinski definition) is 5. The summed E-state index contributed by atoms with van der Waals surface area (Å²) in [4.78, 5) is 4.53. The maximum absolute atomic E-state index is 12.6. The predicted octanol–water partition coefficient (Wildman–Crippen LogP) is 3.20. The zero-order chi connectivity index (χ0) is 22.2. The van der Waals surface area contributed by atoms with Crippen LogP contribution in [0.1, 0.15) is 31.5 Å². The summed E-state index contributed by atoms with van der Waals surface area (Å²) in [5.41, 5.74) is 3.10. The molecule has 1 aliphatic carbocycles. The number of allylic oxidation sites excluding steroid dienone is 1. The van der Waals surface area contributed by atoms with Crippen molar-refractivity contribution < 1.29 is 13.5 Å². The van der Waals surface area contributed by atoms with E-state index in [2.05, 4.69) is 35.7 Å². The normalized spacial score (nSPS) is 31.9. The van der Waals surface area contributed by atoms with Crippen LogP contribution in [0.5, 0.6) is 0 Å². The number of rotatable bonds is 4. The number of benzene rings is 1. The maximum atomic E-state index is 12.6. The molecule has 0 unspecified atom stereocenters. The number of sulfonamides is 1. The Labute approximate surface area is 183 Å². The van der Waals surface area contributed by atoms with Crippen LogP contribution in [-0.4, -0.2) is 36.4 Å². The minimum absolute atomic E-state index is 0.0245. The van der Waals surface area contributed by atoms with E-state index >= 15 is 0 Å². The molecular formula is C24H27N3O3S. The summed E-state index contributed by atoms with van der Waals surface area (Å²) >= 11 is 0. The second-order valence-corrected chi connectivity index (χ2v) is 10.6. The van der Waals surface area contributed by atoms with E-state index in [-0.39, 0.29) is 24.4 Å². The van der Waals surface area contributed by atoms with Gasteiger partial charge in [0.2, 0.25) is 10.0 Å². The molecular weight excluding hydrogens is 410 g/mol. The molecule has 0 bridgehead atoms. The van der Waals surface area contributed by atoms with Gasteiger partial charge in [0.25, 0.3) is 0 Å². The summed E-state index contributed by atoms with van der Waals surface area (Å²) in [5.74, 6) is 0.432. The van der Waals surface area contributed by atoms with Crippen molar-refractivity contribution in [1.29, 1.82) is 5.26 Å². The molecule has 1 saturated heterocycles. The highest BCUT2D eigenvalue weighted by molar-refractivity contribution is 7.90. The summed E-state index contributed by atoms with van der Waals surface area (Å²) in [7, 11) is -3.41. The van der Waals surface area contributed by atoms with Gasteiger partial charge in [0, 0.05) is 29.3 Å². The summed E-state index contributed by atoms with van der Waals surface area (Å²) in [6.45, 7) is 4.06. The number of nitriles is 1. The van der Waals surface area contributed by atoms with Gasteiger partial charge in [-0.1, -0.05) is 44.2 Å². The quantitative estimate of drug-likeness (QED) is 0.765. The topological polar surface area (TPSA) is 103 Å². The Morgan fingerprint density at radius 1 is 1.26 bits per heavy atom. The molecule has 0 radical (unpaired) electrons. The van der Waals surface area contributed by atoms with E-state index in [1.165, 1.54) is 0 Å². The second-order valence-electron chi connectivity index (χ2n) is 8.71. The van der Waals surface area contributed by atoms with Crippen LogP contribution in [0.25, 0.3) is 17.2 Å². The van der Waals surface area contributed by atoms with E-state index in [0.717, 1.165) is 16.8 Å². The van der Waals surface area contributed by atoms with Crippen molar-refractivity contribution in [3.05, 3.63) is 59.9 Å². The molecule has 2 N–H and O–H groups in total. The zero-order valence-electron chi connectivity index (χ0n) is 17.6. The van der Waals surface area contributed by atoms with Crippen LogP contribution in [0.15, 0.2) is 48.7 Å². The van der Waals surface area contributed by atoms with Crippen molar-refractivity contribution in [2.24, 2.45) is 23.7 Å². The first-order chi connectivity index (χ1) is 14.9. The van der Waals surface area contributed by atoms with Gasteiger partial charge in [0.05, 0.1) is 29.2 Å². The lowest BCUT2D eigenvalue weighted by Gasteiger charge is -2.41. The number of nitrogens with zero attached hydrogens (tertiary/aromatic N) is 2. The Bertz CT molecular complexity index is 1120. The van der Waals surface area contributed by atoms with Crippen LogP contribution in [0, 0.1) is 35.0 Å². The van der Waals surface area contributed by atoms with Crippen LogP contribution in [0.2, 0.25) is 0 Å². The molecule has 0 amide bonds. The molecule has 1 aromatic carbocycles. The zero-order valence-corrected chi connectivity index (χ0v) is 18.5. The van der Waals surface area contributed by atoms with Gasteiger partial charge < -0.3 is 5.11 Å². The number of nitrogens with one attached hydrogen (secondary N) is 1. The Morgan fingerprint density at radius 3 is 2.71 bits per heavy atom. The molecule has 2 aliphatic rings. The molecule has 1 saturated carbocycles. The van der Waals surface area contributed by atoms with E-state index in [9.17, 15) is 18.8 Å². The molecule has 4 rings (SSSR count). The molecule has 6 atom stereocenters. The van der Waals surface area contributed by atoms with Gasteiger partial charge in [-0.25, -0.2) is 13.1 Å². The van der Waals surface area contributed by atoms with Gasteiger partial charge in [-0.2, -0.15) is 5.26 Å². The standard InChI is InChI=1S/C24H27N3O3S/c1-15-11-23-24(22(14-28)27-31(23,29)30)20(16(15)2)10-9-19-8-7-18(13-26-19)21-6-4-3-5-17(21)12-25/h3-10,13,15-16,20,22-24,27-28H,11,14H2,1-2H3/t15-,16+,20-,22+,23+,24+/m0/s1. The van der Waals surface area contributed by atoms with E-state index in [4.69, 9.17) is 0 Å². The highest BCUT2D eigenvalue weighted by atomic mass is 32.2. The first-order valence-electron chi connectivity index (χ1n) is 10.6. The minimum atomic E-state index is -3.41. The molecule has 2 aromatic rings. The Morgan fingerprint density at radius 2 is 2.03 bits per heavy atom. The molecule has 2 fully saturated rings. The third-order valence-corrected chi connectivity index (χ3v) is 8.93. The molecule has 7 heteroatoms. The van der Waals surface area contributed by atoms with Gasteiger partial charge in [-0.15, -0.1) is 0 Å². The number of aromatic nitrogens is 1. The van der Waals surface area contributed by atoms with Crippen LogP contribution < -0.4 is 4.72 Å². The summed E-state index contributed by atoms with van der Waals surface area (Å²) in [5, 5.41) is 18.6. The van der Waals surface area contributed by atoms with Crippen molar-refractivity contribution in [3.8, 4) is 17.2 Å². The lowest BCUT2D eigenvalue weighted by Crippen LogP contribution is -2.44. The number of fused-ring (bicyclic) bond motifs is 1. The van der Waals surface area contributed by atoms with Gasteiger partial charge in [0.1, 0.15) is 0 Å². The third-order valence-electron chi connectivity index (χ3n) is 6.99. The summed E-state index contributed by atoms with van der Waals surface area (Å²) in [6, 6.07) is 13.0. The van der Waals surface area contributed by atoms with Gasteiger partial charge >= 0.3 is 0 Å². The monoisotopic (exact) mass is 437 g/mol. The van der Waals surface area contributed by atoms with E-state index in [0.29, 0.717) is 17.9 Å².